The van der Waals surface area contributed by atoms with Gasteiger partial charge in [0.1, 0.15) is 0 Å². The summed E-state index contributed by atoms with van der Waals surface area (Å²) in [6.45, 7) is 0.506. The van der Waals surface area contributed by atoms with Gasteiger partial charge in [-0.05, 0) is 12.1 Å². The minimum Gasteiger partial charge on any atom is -0.360 e. The van der Waals surface area contributed by atoms with Crippen LogP contribution in [0.4, 0.5) is 0 Å². The van der Waals surface area contributed by atoms with Gasteiger partial charge in [0.15, 0.2) is 6.29 Å². The van der Waals surface area contributed by atoms with Gasteiger partial charge in [0.05, 0.1) is 12.2 Å². The van der Waals surface area contributed by atoms with Gasteiger partial charge in [0, 0.05) is 26.6 Å². The monoisotopic (exact) mass is 182 g/mol. The summed E-state index contributed by atoms with van der Waals surface area (Å²) in [7, 11) is 3.19. The number of nitrogens with one attached hydrogen (secondary N) is 1. The zero-order valence-electron chi connectivity index (χ0n) is 7.86. The highest BCUT2D eigenvalue weighted by atomic mass is 16.7. The molecule has 1 N–H and O–H groups in total. The van der Waals surface area contributed by atoms with Crippen molar-refractivity contribution in [2.24, 2.45) is 4.99 Å². The lowest BCUT2D eigenvalue weighted by Gasteiger charge is -2.08. The molecular formula is C9H14N2O2. The summed E-state index contributed by atoms with van der Waals surface area (Å²) in [6.07, 6.45) is 3.35. The van der Waals surface area contributed by atoms with Gasteiger partial charge in [-0.3, -0.25) is 4.99 Å². The topological polar surface area (TPSA) is 46.6 Å². The second-order valence-electron chi connectivity index (χ2n) is 2.52. The Bertz CT molecular complexity index is 240. The molecule has 0 aliphatic carbocycles. The molecule has 0 bridgehead atoms. The molecule has 0 aromatic carbocycles. The molecule has 72 valence electrons. The molecule has 0 saturated heterocycles. The lowest BCUT2D eigenvalue weighted by Crippen LogP contribution is -2.16. The minimum absolute atomic E-state index is 0.258. The van der Waals surface area contributed by atoms with Crippen molar-refractivity contribution in [1.82, 2.24) is 4.98 Å². The molecule has 1 aromatic heterocycles. The Labute approximate surface area is 77.6 Å². The molecule has 0 radical (unpaired) electrons. The van der Waals surface area contributed by atoms with Crippen LogP contribution in [0.5, 0.6) is 0 Å². The van der Waals surface area contributed by atoms with Crippen molar-refractivity contribution in [3.05, 3.63) is 24.0 Å². The molecule has 0 spiro atoms. The van der Waals surface area contributed by atoms with Crippen molar-refractivity contribution in [2.45, 2.75) is 6.29 Å². The highest BCUT2D eigenvalue weighted by Crippen LogP contribution is 1.93. The van der Waals surface area contributed by atoms with Crippen LogP contribution in [0.2, 0.25) is 0 Å². The predicted octanol–water partition coefficient (Wildman–Crippen LogP) is 1.05. The molecule has 4 nitrogen and oxygen atoms in total. The molecule has 0 saturated carbocycles. The molecule has 4 heteroatoms. The molecule has 0 amide bonds. The van der Waals surface area contributed by atoms with E-state index in [1.807, 2.05) is 18.3 Å². The fourth-order valence-corrected chi connectivity index (χ4v) is 0.907. The number of hydrogen-bond acceptors (Lipinski definition) is 3. The smallest absolute Gasteiger partial charge is 0.176 e. The lowest BCUT2D eigenvalue weighted by atomic mass is 10.5. The SMILES string of the molecule is COC(CN=Cc1ccc[nH]1)OC. The largest absolute Gasteiger partial charge is 0.360 e. The first-order valence-corrected chi connectivity index (χ1v) is 4.05. The molecule has 1 heterocycles. The number of ether oxygens (including phenoxy) is 2. The molecule has 0 atom stereocenters. The number of nitrogens with zero attached hydrogens (tertiary/aromatic N) is 1. The quantitative estimate of drug-likeness (QED) is 0.546. The van der Waals surface area contributed by atoms with Crippen LogP contribution in [0.3, 0.4) is 0 Å². The van der Waals surface area contributed by atoms with E-state index in [0.29, 0.717) is 6.54 Å². The van der Waals surface area contributed by atoms with Crippen molar-refractivity contribution in [1.29, 1.82) is 0 Å². The second-order valence-corrected chi connectivity index (χ2v) is 2.52. The van der Waals surface area contributed by atoms with E-state index in [1.165, 1.54) is 0 Å². The number of aliphatic imine (C=N–C) groups is 1. The van der Waals surface area contributed by atoms with Crippen molar-refractivity contribution < 1.29 is 9.47 Å². The lowest BCUT2D eigenvalue weighted by molar-refractivity contribution is -0.0936. The van der Waals surface area contributed by atoms with Crippen LogP contribution in [0.15, 0.2) is 23.3 Å². The highest BCUT2D eigenvalue weighted by Gasteiger charge is 2.00. The fraction of sp³-hybridized carbons (Fsp3) is 0.444. The number of methoxy groups -OCH3 is 2. The molecule has 0 aliphatic heterocycles. The van der Waals surface area contributed by atoms with E-state index in [0.717, 1.165) is 5.69 Å². The van der Waals surface area contributed by atoms with Crippen LogP contribution in [0.1, 0.15) is 5.69 Å². The number of H-pyrrole nitrogens is 1. The van der Waals surface area contributed by atoms with E-state index >= 15 is 0 Å². The summed E-state index contributed by atoms with van der Waals surface area (Å²) in [6, 6.07) is 3.86. The number of rotatable bonds is 5. The molecule has 0 aliphatic rings. The Hall–Kier alpha value is -1.13. The van der Waals surface area contributed by atoms with Gasteiger partial charge >= 0.3 is 0 Å². The molecule has 13 heavy (non-hydrogen) atoms. The van der Waals surface area contributed by atoms with E-state index in [1.54, 1.807) is 20.4 Å². The van der Waals surface area contributed by atoms with Crippen molar-refractivity contribution in [3.8, 4) is 0 Å². The number of aromatic nitrogens is 1. The van der Waals surface area contributed by atoms with E-state index in [2.05, 4.69) is 9.98 Å². The maximum atomic E-state index is 4.97. The summed E-state index contributed by atoms with van der Waals surface area (Å²) in [5.41, 5.74) is 0.978. The third-order valence-electron chi connectivity index (χ3n) is 1.63. The first-order valence-electron chi connectivity index (χ1n) is 4.05. The van der Waals surface area contributed by atoms with Gasteiger partial charge in [-0.25, -0.2) is 0 Å². The molecule has 1 aromatic rings. The van der Waals surface area contributed by atoms with Gasteiger partial charge in [-0.1, -0.05) is 0 Å². The Kier molecular flexibility index (Phi) is 4.21. The van der Waals surface area contributed by atoms with Gasteiger partial charge in [0.25, 0.3) is 0 Å². The maximum Gasteiger partial charge on any atom is 0.176 e. The van der Waals surface area contributed by atoms with E-state index in [9.17, 15) is 0 Å². The second kappa shape index (κ2) is 5.50. The maximum absolute atomic E-state index is 4.97. The predicted molar refractivity (Wildman–Crippen MR) is 51.1 cm³/mol. The van der Waals surface area contributed by atoms with Crippen molar-refractivity contribution >= 4 is 6.21 Å². The van der Waals surface area contributed by atoms with Crippen LogP contribution in [-0.4, -0.2) is 38.3 Å². The van der Waals surface area contributed by atoms with Crippen LogP contribution in [-0.2, 0) is 9.47 Å². The minimum atomic E-state index is -0.258. The summed E-state index contributed by atoms with van der Waals surface area (Å²) in [4.78, 5) is 7.17. The van der Waals surface area contributed by atoms with Gasteiger partial charge in [-0.2, -0.15) is 0 Å². The highest BCUT2D eigenvalue weighted by molar-refractivity contribution is 5.76. The Morgan fingerprint density at radius 1 is 1.54 bits per heavy atom. The molecule has 1 rings (SSSR count). The average molecular weight is 182 g/mol. The van der Waals surface area contributed by atoms with Gasteiger partial charge in [-0.15, -0.1) is 0 Å². The first-order chi connectivity index (χ1) is 6.36. The first kappa shape index (κ1) is 9.95. The standard InChI is InChI=1S/C9H14N2O2/c1-12-9(13-2)7-10-6-8-4-3-5-11-8/h3-6,9,11H,7H2,1-2H3. The Morgan fingerprint density at radius 3 is 2.85 bits per heavy atom. The van der Waals surface area contributed by atoms with Crippen molar-refractivity contribution in [2.75, 3.05) is 20.8 Å². The van der Waals surface area contributed by atoms with Crippen LogP contribution >= 0.6 is 0 Å². The summed E-state index contributed by atoms with van der Waals surface area (Å²) < 4.78 is 9.95. The summed E-state index contributed by atoms with van der Waals surface area (Å²) >= 11 is 0. The Balaban J connectivity index is 2.33. The third-order valence-corrected chi connectivity index (χ3v) is 1.63. The number of hydrogen-bond donors (Lipinski definition) is 1. The molecule has 0 fully saturated rings. The normalized spacial score (nSPS) is 11.6. The van der Waals surface area contributed by atoms with E-state index < -0.39 is 0 Å². The zero-order chi connectivity index (χ0) is 9.52. The van der Waals surface area contributed by atoms with Gasteiger partial charge in [0.2, 0.25) is 0 Å². The third kappa shape index (κ3) is 3.40. The van der Waals surface area contributed by atoms with Crippen LogP contribution in [0, 0.1) is 0 Å². The van der Waals surface area contributed by atoms with Crippen LogP contribution in [0.25, 0.3) is 0 Å². The van der Waals surface area contributed by atoms with Crippen molar-refractivity contribution in [3.63, 3.8) is 0 Å². The summed E-state index contributed by atoms with van der Waals surface area (Å²) in [5.74, 6) is 0. The van der Waals surface area contributed by atoms with E-state index in [4.69, 9.17) is 9.47 Å². The van der Waals surface area contributed by atoms with Crippen LogP contribution < -0.4 is 0 Å². The number of aromatic amines is 1. The average Bonchev–Trinajstić information content (AvgIpc) is 2.65. The summed E-state index contributed by atoms with van der Waals surface area (Å²) in [5, 5.41) is 0. The van der Waals surface area contributed by atoms with Gasteiger partial charge < -0.3 is 14.5 Å². The zero-order valence-corrected chi connectivity index (χ0v) is 7.86. The van der Waals surface area contributed by atoms with E-state index in [-0.39, 0.29) is 6.29 Å². The fourth-order valence-electron chi connectivity index (χ4n) is 0.907. The molecule has 0 unspecified atom stereocenters. The molecular weight excluding hydrogens is 168 g/mol. The Morgan fingerprint density at radius 2 is 2.31 bits per heavy atom.